The van der Waals surface area contributed by atoms with Crippen LogP contribution in [0.2, 0.25) is 0 Å². The van der Waals surface area contributed by atoms with Crippen molar-refractivity contribution in [2.75, 3.05) is 19.6 Å². The number of likely N-dealkylation sites (tertiary alicyclic amines) is 2. The summed E-state index contributed by atoms with van der Waals surface area (Å²) in [5, 5.41) is -0.166. The summed E-state index contributed by atoms with van der Waals surface area (Å²) in [6.45, 7) is 2.85. The quantitative estimate of drug-likeness (QED) is 0.270. The van der Waals surface area contributed by atoms with Crippen LogP contribution in [0.15, 0.2) is 105 Å². The molecule has 0 aliphatic carbocycles. The molecule has 10 heteroatoms. The van der Waals surface area contributed by atoms with Crippen molar-refractivity contribution in [3.63, 3.8) is 0 Å². The van der Waals surface area contributed by atoms with Gasteiger partial charge in [-0.1, -0.05) is 0 Å². The number of ether oxygens (including phenoxy) is 1. The van der Waals surface area contributed by atoms with Crippen molar-refractivity contribution in [1.29, 1.82) is 0 Å². The zero-order valence-electron chi connectivity index (χ0n) is 23.2. The average Bonchev–Trinajstić information content (AvgIpc) is 3.75. The van der Waals surface area contributed by atoms with Gasteiger partial charge in [-0.15, -0.1) is 0 Å². The summed E-state index contributed by atoms with van der Waals surface area (Å²) in [7, 11) is 0. The molecule has 6 rings (SSSR count). The van der Waals surface area contributed by atoms with Crippen LogP contribution in [0.3, 0.4) is 0 Å². The molecule has 2 saturated heterocycles. The Hall–Kier alpha value is -3.68. The van der Waals surface area contributed by atoms with Gasteiger partial charge in [-0.05, 0) is 0 Å². The van der Waals surface area contributed by atoms with Crippen LogP contribution < -0.4 is 21.7 Å². The number of carbonyl (C=O) groups excluding carboxylic acids is 2. The van der Waals surface area contributed by atoms with Crippen molar-refractivity contribution >= 4 is 48.7 Å². The van der Waals surface area contributed by atoms with Crippen molar-refractivity contribution in [2.45, 2.75) is 38.1 Å². The van der Waals surface area contributed by atoms with Crippen molar-refractivity contribution in [3.05, 3.63) is 113 Å². The monoisotopic (exact) mass is 650 g/mol. The van der Waals surface area contributed by atoms with Gasteiger partial charge in [0.25, 0.3) is 0 Å². The van der Waals surface area contributed by atoms with Crippen LogP contribution in [0, 0.1) is 6.92 Å². The third-order valence-corrected chi connectivity index (χ3v) is 19.3. The van der Waals surface area contributed by atoms with Gasteiger partial charge >= 0.3 is 248 Å². The van der Waals surface area contributed by atoms with E-state index in [9.17, 15) is 14.4 Å². The molecule has 0 bridgehead atoms. The Kier molecular flexibility index (Phi) is 7.58. The van der Waals surface area contributed by atoms with Gasteiger partial charge in [-0.25, -0.2) is 4.79 Å². The second-order valence-corrected chi connectivity index (χ2v) is 19.5. The van der Waals surface area contributed by atoms with E-state index in [0.29, 0.717) is 32.5 Å². The van der Waals surface area contributed by atoms with Crippen LogP contribution in [0.1, 0.15) is 24.4 Å². The number of nitrogens with zero attached hydrogens (tertiary/aromatic N) is 2. The Morgan fingerprint density at radius 3 is 1.90 bits per heavy atom. The first-order chi connectivity index (χ1) is 20.3. The van der Waals surface area contributed by atoms with E-state index in [1.54, 1.807) is 11.8 Å². The van der Waals surface area contributed by atoms with E-state index in [1.807, 2.05) is 59.5 Å². The number of benzene rings is 3. The summed E-state index contributed by atoms with van der Waals surface area (Å²) in [6, 6.07) is 31.0. The molecule has 2 amide bonds. The summed E-state index contributed by atoms with van der Waals surface area (Å²) < 4.78 is 15.2. The molecule has 3 heterocycles. The number of hydrogen-bond donors (Lipinski definition) is 0. The third-order valence-electron chi connectivity index (χ3n) is 8.60. The van der Waals surface area contributed by atoms with Gasteiger partial charge in [0.15, 0.2) is 0 Å². The SMILES string of the molecule is Cc1oc(=O)oc1COC(=O)N1CCC(N2CCC(P(Br)(c3ccccc3)(c3ccccc3)c3ccccc3)C2=O)C1. The summed E-state index contributed by atoms with van der Waals surface area (Å²) in [5.41, 5.74) is -0.323. The van der Waals surface area contributed by atoms with E-state index >= 15 is 0 Å². The van der Waals surface area contributed by atoms with Crippen molar-refractivity contribution in [1.82, 2.24) is 9.80 Å². The van der Waals surface area contributed by atoms with Gasteiger partial charge in [0.2, 0.25) is 0 Å². The fourth-order valence-corrected chi connectivity index (χ4v) is 15.2. The molecule has 0 spiro atoms. The van der Waals surface area contributed by atoms with E-state index in [2.05, 4.69) is 51.9 Å². The molecule has 0 N–H and O–H groups in total. The normalized spacial score (nSPS) is 20.0. The van der Waals surface area contributed by atoms with Gasteiger partial charge < -0.3 is 0 Å². The number of amides is 2. The number of carbonyl (C=O) groups is 2. The third kappa shape index (κ3) is 4.59. The van der Waals surface area contributed by atoms with Crippen LogP contribution >= 0.6 is 20.8 Å². The maximum absolute atomic E-state index is 14.6. The van der Waals surface area contributed by atoms with Crippen molar-refractivity contribution in [2.24, 2.45) is 0 Å². The first kappa shape index (κ1) is 28.4. The second-order valence-electron chi connectivity index (χ2n) is 10.8. The zero-order chi connectivity index (χ0) is 29.3. The molecule has 2 unspecified atom stereocenters. The Bertz CT molecular complexity index is 1540. The number of aryl methyl sites for hydroxylation is 1. The van der Waals surface area contributed by atoms with Gasteiger partial charge in [-0.2, -0.15) is 0 Å². The molecule has 2 aliphatic rings. The molecule has 8 nitrogen and oxygen atoms in total. The summed E-state index contributed by atoms with van der Waals surface area (Å²) in [6.07, 6.45) is 0.829. The minimum absolute atomic E-state index is 0.0946. The minimum atomic E-state index is -3.50. The molecule has 2 aliphatic heterocycles. The van der Waals surface area contributed by atoms with E-state index in [0.717, 1.165) is 15.9 Å². The molecule has 0 saturated carbocycles. The van der Waals surface area contributed by atoms with Gasteiger partial charge in [0, 0.05) is 0 Å². The number of hydrogen-bond acceptors (Lipinski definition) is 6. The average molecular weight is 651 g/mol. The fourth-order valence-electron chi connectivity index (χ4n) is 6.53. The van der Waals surface area contributed by atoms with E-state index in [1.165, 1.54) is 0 Å². The van der Waals surface area contributed by atoms with Crippen LogP contribution in [-0.2, 0) is 16.1 Å². The second kappa shape index (κ2) is 11.2. The van der Waals surface area contributed by atoms with E-state index in [-0.39, 0.29) is 35.7 Å². The van der Waals surface area contributed by atoms with Gasteiger partial charge in [0.1, 0.15) is 0 Å². The standard InChI is InChI=1S/C32H32BrN2O6P/c1-23-28(41-32(38)40-23)22-39-31(37)34-19-17-24(21-34)35-20-18-29(30(35)36)42(33,25-11-5-2-6-12-25,26-13-7-3-8-14-26)27-15-9-4-10-16-27/h2-16,24,29H,17-22H2,1H3. The van der Waals surface area contributed by atoms with E-state index in [4.69, 9.17) is 13.6 Å². The molecular weight excluding hydrogens is 619 g/mol. The maximum atomic E-state index is 14.6. The topological polar surface area (TPSA) is 93.2 Å². The Morgan fingerprint density at radius 1 is 0.857 bits per heavy atom. The Balaban J connectivity index is 1.30. The number of rotatable bonds is 7. The molecule has 2 atom stereocenters. The molecule has 2 fully saturated rings. The molecule has 218 valence electrons. The predicted molar refractivity (Wildman–Crippen MR) is 166 cm³/mol. The first-order valence-corrected chi connectivity index (χ1v) is 18.3. The molecular formula is C32H32BrN2O6P. The molecule has 3 aromatic carbocycles. The molecule has 1 aromatic heterocycles. The molecule has 4 aromatic rings. The summed E-state index contributed by atoms with van der Waals surface area (Å²) in [5.74, 6) is -0.260. The van der Waals surface area contributed by atoms with Gasteiger partial charge in [0.05, 0.1) is 0 Å². The van der Waals surface area contributed by atoms with Crippen LogP contribution in [0.5, 0.6) is 0 Å². The zero-order valence-corrected chi connectivity index (χ0v) is 25.7. The first-order valence-electron chi connectivity index (χ1n) is 14.0. The summed E-state index contributed by atoms with van der Waals surface area (Å²) in [4.78, 5) is 42.4. The van der Waals surface area contributed by atoms with E-state index < -0.39 is 17.2 Å². The van der Waals surface area contributed by atoms with Crippen molar-refractivity contribution in [3.8, 4) is 0 Å². The van der Waals surface area contributed by atoms with Crippen LogP contribution in [0.4, 0.5) is 4.79 Å². The van der Waals surface area contributed by atoms with Crippen molar-refractivity contribution < 1.29 is 23.2 Å². The fraction of sp³-hybridized carbons (Fsp3) is 0.281. The van der Waals surface area contributed by atoms with Gasteiger partial charge in [-0.3, -0.25) is 0 Å². The van der Waals surface area contributed by atoms with Crippen LogP contribution in [0.25, 0.3) is 0 Å². The molecule has 0 radical (unpaired) electrons. The molecule has 42 heavy (non-hydrogen) atoms. The number of halogens is 1. The summed E-state index contributed by atoms with van der Waals surface area (Å²) >= 11 is 4.47. The Morgan fingerprint density at radius 2 is 1.40 bits per heavy atom. The van der Waals surface area contributed by atoms with Crippen LogP contribution in [-0.4, -0.2) is 53.1 Å². The Labute approximate surface area is 251 Å². The predicted octanol–water partition coefficient (Wildman–Crippen LogP) is 4.69.